The van der Waals surface area contributed by atoms with Gasteiger partial charge in [0, 0.05) is 11.5 Å². The Morgan fingerprint density at radius 3 is 2.63 bits per heavy atom. The quantitative estimate of drug-likeness (QED) is 0.546. The fourth-order valence-corrected chi connectivity index (χ4v) is 7.86. The van der Waals surface area contributed by atoms with E-state index in [0.29, 0.717) is 18.4 Å². The zero-order valence-corrected chi connectivity index (χ0v) is 16.5. The topological polar surface area (TPSA) is 66.8 Å². The number of aliphatic hydroxyl groups excluding tert-OH is 1. The molecular weight excluding hydrogens is 340 g/mol. The lowest BCUT2D eigenvalue weighted by Gasteiger charge is -2.61. The summed E-state index contributed by atoms with van der Waals surface area (Å²) < 4.78 is 5.19. The minimum Gasteiger partial charge on any atom is -0.458 e. The number of carbonyl (C=O) groups is 1. The zero-order chi connectivity index (χ0) is 19.0. The highest BCUT2D eigenvalue weighted by atomic mass is 16.5. The Morgan fingerprint density at radius 1 is 1.07 bits per heavy atom. The van der Waals surface area contributed by atoms with Gasteiger partial charge in [-0.1, -0.05) is 25.5 Å². The highest BCUT2D eigenvalue weighted by molar-refractivity contribution is 5.85. The van der Waals surface area contributed by atoms with Crippen LogP contribution in [0.3, 0.4) is 0 Å². The first-order valence-corrected chi connectivity index (χ1v) is 10.8. The van der Waals surface area contributed by atoms with Gasteiger partial charge in [-0.3, -0.25) is 0 Å². The second-order valence-electron chi connectivity index (χ2n) is 10.3. The molecule has 4 aliphatic carbocycles. The lowest BCUT2D eigenvalue weighted by atomic mass is 9.45. The van der Waals surface area contributed by atoms with Crippen LogP contribution in [-0.2, 0) is 9.53 Å². The molecule has 0 aromatic heterocycles. The number of allylic oxidation sites excluding steroid dienone is 1. The number of aliphatic hydroxyl groups is 2. The molecule has 1 heterocycles. The Morgan fingerprint density at radius 2 is 1.89 bits per heavy atom. The van der Waals surface area contributed by atoms with Crippen molar-refractivity contribution in [3.8, 4) is 0 Å². The number of carbonyl (C=O) groups excluding carboxylic acids is 1. The van der Waals surface area contributed by atoms with E-state index in [1.165, 1.54) is 5.57 Å². The first-order chi connectivity index (χ1) is 12.8. The molecule has 0 spiro atoms. The summed E-state index contributed by atoms with van der Waals surface area (Å²) in [6, 6.07) is 0. The molecule has 2 N–H and O–H groups in total. The van der Waals surface area contributed by atoms with Crippen LogP contribution in [0.15, 0.2) is 23.3 Å². The van der Waals surface area contributed by atoms with Crippen molar-refractivity contribution in [3.63, 3.8) is 0 Å². The van der Waals surface area contributed by atoms with E-state index in [9.17, 15) is 15.0 Å². The minimum atomic E-state index is -0.655. The first kappa shape index (κ1) is 17.9. The van der Waals surface area contributed by atoms with Crippen LogP contribution < -0.4 is 0 Å². The summed E-state index contributed by atoms with van der Waals surface area (Å²) in [5.41, 5.74) is 1.84. The van der Waals surface area contributed by atoms with Crippen LogP contribution in [0.5, 0.6) is 0 Å². The second kappa shape index (κ2) is 5.70. The van der Waals surface area contributed by atoms with Gasteiger partial charge in [0.2, 0.25) is 0 Å². The standard InChI is InChI=1S/C23H32O4/c1-21-8-5-16(24)12-15(21)3-4-19-18(21)6-9-22(2)17(7-10-23(19,22)26)14-11-20(25)27-13-14/h11-12,16-19,24,26H,3-10,13H2,1-2H3/t16-,17+,18-,19+,21-,22+,23-/m0/s1. The van der Waals surface area contributed by atoms with Gasteiger partial charge in [-0.15, -0.1) is 0 Å². The predicted molar refractivity (Wildman–Crippen MR) is 102 cm³/mol. The molecule has 5 rings (SSSR count). The van der Waals surface area contributed by atoms with Gasteiger partial charge in [-0.2, -0.15) is 0 Å². The molecule has 3 saturated carbocycles. The molecule has 148 valence electrons. The maximum absolute atomic E-state index is 12.1. The van der Waals surface area contributed by atoms with E-state index >= 15 is 0 Å². The molecule has 0 amide bonds. The first-order valence-electron chi connectivity index (χ1n) is 10.8. The smallest absolute Gasteiger partial charge is 0.331 e. The van der Waals surface area contributed by atoms with Gasteiger partial charge < -0.3 is 14.9 Å². The SMILES string of the molecule is C[C@]12CC[C@H](O)C=C1CC[C@@H]1[C@@H]2CC[C@]2(C)[C@@H](C3=CC(=O)OC3)CC[C@]12O. The van der Waals surface area contributed by atoms with Gasteiger partial charge in [0.15, 0.2) is 0 Å². The van der Waals surface area contributed by atoms with Crippen LogP contribution in [0.1, 0.15) is 65.2 Å². The maximum Gasteiger partial charge on any atom is 0.331 e. The van der Waals surface area contributed by atoms with Gasteiger partial charge in [0.25, 0.3) is 0 Å². The van der Waals surface area contributed by atoms with Crippen LogP contribution in [0.2, 0.25) is 0 Å². The molecule has 27 heavy (non-hydrogen) atoms. The van der Waals surface area contributed by atoms with Crippen molar-refractivity contribution in [3.05, 3.63) is 23.3 Å². The molecule has 0 radical (unpaired) electrons. The summed E-state index contributed by atoms with van der Waals surface area (Å²) >= 11 is 0. The molecular formula is C23H32O4. The maximum atomic E-state index is 12.1. The average molecular weight is 373 g/mol. The van der Waals surface area contributed by atoms with E-state index in [4.69, 9.17) is 4.74 Å². The van der Waals surface area contributed by atoms with Crippen LogP contribution in [0.25, 0.3) is 0 Å². The molecule has 4 nitrogen and oxygen atoms in total. The minimum absolute atomic E-state index is 0.128. The van der Waals surface area contributed by atoms with Crippen molar-refractivity contribution in [2.24, 2.45) is 28.6 Å². The van der Waals surface area contributed by atoms with Gasteiger partial charge in [-0.25, -0.2) is 4.79 Å². The Kier molecular flexibility index (Phi) is 3.78. The average Bonchev–Trinajstić information content (AvgIpc) is 3.16. The van der Waals surface area contributed by atoms with Crippen molar-refractivity contribution in [1.29, 1.82) is 0 Å². The highest BCUT2D eigenvalue weighted by Crippen LogP contribution is 2.69. The fourth-order valence-electron chi connectivity index (χ4n) is 7.86. The van der Waals surface area contributed by atoms with Gasteiger partial charge in [-0.05, 0) is 80.1 Å². The van der Waals surface area contributed by atoms with Gasteiger partial charge >= 0.3 is 5.97 Å². The van der Waals surface area contributed by atoms with E-state index in [1.807, 2.05) is 0 Å². The normalized spacial score (nSPS) is 51.6. The third-order valence-corrected chi connectivity index (χ3v) is 9.41. The van der Waals surface area contributed by atoms with Crippen LogP contribution in [-0.4, -0.2) is 34.5 Å². The lowest BCUT2D eigenvalue weighted by Crippen LogP contribution is -2.60. The zero-order valence-electron chi connectivity index (χ0n) is 16.5. The van der Waals surface area contributed by atoms with Gasteiger partial charge in [0.1, 0.15) is 6.61 Å². The summed E-state index contributed by atoms with van der Waals surface area (Å²) in [5, 5.41) is 22.2. The van der Waals surface area contributed by atoms with E-state index in [0.717, 1.165) is 56.9 Å². The highest BCUT2D eigenvalue weighted by Gasteiger charge is 2.67. The molecule has 0 unspecified atom stereocenters. The van der Waals surface area contributed by atoms with Crippen molar-refractivity contribution >= 4 is 5.97 Å². The second-order valence-corrected chi connectivity index (χ2v) is 10.3. The molecule has 1 aliphatic heterocycles. The summed E-state index contributed by atoms with van der Waals surface area (Å²) in [6.07, 6.45) is 11.3. The van der Waals surface area contributed by atoms with Crippen molar-refractivity contribution in [1.82, 2.24) is 0 Å². The predicted octanol–water partition coefficient (Wildman–Crippen LogP) is 3.52. The Bertz CT molecular complexity index is 739. The number of rotatable bonds is 1. The van der Waals surface area contributed by atoms with Crippen molar-refractivity contribution in [2.45, 2.75) is 76.9 Å². The van der Waals surface area contributed by atoms with Crippen molar-refractivity contribution < 1.29 is 19.7 Å². The monoisotopic (exact) mass is 372 g/mol. The van der Waals surface area contributed by atoms with Crippen LogP contribution in [0, 0.1) is 28.6 Å². The van der Waals surface area contributed by atoms with Gasteiger partial charge in [0.05, 0.1) is 11.7 Å². The molecule has 0 aromatic carbocycles. The number of esters is 1. The molecule has 3 fully saturated rings. The third-order valence-electron chi connectivity index (χ3n) is 9.41. The Balaban J connectivity index is 1.50. The molecule has 0 saturated heterocycles. The number of hydrogen-bond acceptors (Lipinski definition) is 4. The Hall–Kier alpha value is -1.13. The number of fused-ring (bicyclic) bond motifs is 5. The number of ether oxygens (including phenoxy) is 1. The molecule has 4 heteroatoms. The number of hydrogen-bond donors (Lipinski definition) is 2. The fraction of sp³-hybridized carbons (Fsp3) is 0.783. The lowest BCUT2D eigenvalue weighted by molar-refractivity contribution is -0.181. The van der Waals surface area contributed by atoms with E-state index in [2.05, 4.69) is 19.9 Å². The van der Waals surface area contributed by atoms with Crippen LogP contribution >= 0.6 is 0 Å². The molecule has 7 atom stereocenters. The van der Waals surface area contributed by atoms with Crippen LogP contribution in [0.4, 0.5) is 0 Å². The summed E-state index contributed by atoms with van der Waals surface area (Å²) in [4.78, 5) is 11.6. The summed E-state index contributed by atoms with van der Waals surface area (Å²) in [6.45, 7) is 5.06. The molecule has 0 bridgehead atoms. The summed E-state index contributed by atoms with van der Waals surface area (Å²) in [5.74, 6) is 0.848. The number of cyclic esters (lactones) is 1. The van der Waals surface area contributed by atoms with E-state index in [-0.39, 0.29) is 28.8 Å². The summed E-state index contributed by atoms with van der Waals surface area (Å²) in [7, 11) is 0. The third kappa shape index (κ3) is 2.26. The Labute approximate surface area is 161 Å². The molecule has 5 aliphatic rings. The van der Waals surface area contributed by atoms with E-state index in [1.54, 1.807) is 6.08 Å². The largest absolute Gasteiger partial charge is 0.458 e. The van der Waals surface area contributed by atoms with Crippen molar-refractivity contribution in [2.75, 3.05) is 6.61 Å². The van der Waals surface area contributed by atoms with E-state index < -0.39 is 5.60 Å². The molecule has 0 aromatic rings.